The molecule has 0 spiro atoms. The molecule has 1 saturated carbocycles. The first-order chi connectivity index (χ1) is 9.80. The topological polar surface area (TPSA) is 36.9 Å². The fourth-order valence-corrected chi connectivity index (χ4v) is 3.09. The van der Waals surface area contributed by atoms with E-state index in [0.29, 0.717) is 12.2 Å². The third-order valence-corrected chi connectivity index (χ3v) is 4.15. The summed E-state index contributed by atoms with van der Waals surface area (Å²) >= 11 is 0. The van der Waals surface area contributed by atoms with Gasteiger partial charge in [-0.3, -0.25) is 0 Å². The Morgan fingerprint density at radius 3 is 2.25 bits per heavy atom. The van der Waals surface area contributed by atoms with E-state index in [9.17, 15) is 0 Å². The monoisotopic (exact) mass is 278 g/mol. The summed E-state index contributed by atoms with van der Waals surface area (Å²) in [6.07, 6.45) is 6.01. The summed E-state index contributed by atoms with van der Waals surface area (Å²) in [6, 6.07) is 5.96. The average Bonchev–Trinajstić information content (AvgIpc) is 2.89. The molecule has 2 fully saturated rings. The van der Waals surface area contributed by atoms with E-state index in [4.69, 9.17) is 18.9 Å². The van der Waals surface area contributed by atoms with Crippen LogP contribution in [0.5, 0.6) is 11.5 Å². The number of benzene rings is 1. The molecule has 1 aliphatic heterocycles. The van der Waals surface area contributed by atoms with E-state index in [2.05, 4.69) is 0 Å². The predicted octanol–water partition coefficient (Wildman–Crippen LogP) is 2.93. The Bertz CT molecular complexity index is 446. The van der Waals surface area contributed by atoms with Crippen LogP contribution >= 0.6 is 0 Å². The fraction of sp³-hybridized carbons (Fsp3) is 0.625. The fourth-order valence-electron chi connectivity index (χ4n) is 3.09. The Kier molecular flexibility index (Phi) is 4.13. The molecule has 2 atom stereocenters. The first kappa shape index (κ1) is 13.7. The molecular weight excluding hydrogens is 256 g/mol. The molecule has 0 aromatic heterocycles. The van der Waals surface area contributed by atoms with Crippen LogP contribution < -0.4 is 9.47 Å². The van der Waals surface area contributed by atoms with Crippen molar-refractivity contribution < 1.29 is 18.9 Å². The normalized spacial score (nSPS) is 29.0. The van der Waals surface area contributed by atoms with E-state index in [0.717, 1.165) is 36.3 Å². The van der Waals surface area contributed by atoms with Crippen LogP contribution in [0.3, 0.4) is 0 Å². The number of hydrogen-bond acceptors (Lipinski definition) is 4. The Morgan fingerprint density at radius 1 is 1.00 bits per heavy atom. The van der Waals surface area contributed by atoms with Gasteiger partial charge in [0.25, 0.3) is 0 Å². The second kappa shape index (κ2) is 6.02. The van der Waals surface area contributed by atoms with Crippen LogP contribution in [0.25, 0.3) is 0 Å². The molecule has 2 unspecified atom stereocenters. The number of hydrogen-bond donors (Lipinski definition) is 0. The molecule has 1 aromatic carbocycles. The van der Waals surface area contributed by atoms with Gasteiger partial charge in [-0.25, -0.2) is 0 Å². The van der Waals surface area contributed by atoms with Gasteiger partial charge in [-0.05, 0) is 30.5 Å². The second-order valence-corrected chi connectivity index (χ2v) is 5.46. The summed E-state index contributed by atoms with van der Waals surface area (Å²) in [5, 5.41) is 0. The van der Waals surface area contributed by atoms with Crippen molar-refractivity contribution in [1.29, 1.82) is 0 Å². The molecule has 4 heteroatoms. The van der Waals surface area contributed by atoms with Gasteiger partial charge in [-0.2, -0.15) is 0 Å². The van der Waals surface area contributed by atoms with Crippen molar-refractivity contribution in [3.63, 3.8) is 0 Å². The Morgan fingerprint density at radius 2 is 1.65 bits per heavy atom. The van der Waals surface area contributed by atoms with Crippen LogP contribution in [-0.2, 0) is 15.9 Å². The number of fused-ring (bicyclic) bond motifs is 1. The highest BCUT2D eigenvalue weighted by atomic mass is 16.7. The van der Waals surface area contributed by atoms with Crippen LogP contribution in [0, 0.1) is 0 Å². The molecule has 0 N–H and O–H groups in total. The van der Waals surface area contributed by atoms with Crippen LogP contribution in [0.15, 0.2) is 18.2 Å². The highest BCUT2D eigenvalue weighted by molar-refractivity contribution is 5.43. The van der Waals surface area contributed by atoms with Crippen LogP contribution in [0.4, 0.5) is 0 Å². The zero-order valence-electron chi connectivity index (χ0n) is 12.1. The molecule has 0 amide bonds. The molecule has 4 nitrogen and oxygen atoms in total. The lowest BCUT2D eigenvalue weighted by molar-refractivity contribution is -0.0634. The van der Waals surface area contributed by atoms with Gasteiger partial charge >= 0.3 is 0 Å². The summed E-state index contributed by atoms with van der Waals surface area (Å²) in [5.41, 5.74) is 1.14. The number of rotatable bonds is 4. The summed E-state index contributed by atoms with van der Waals surface area (Å²) in [6.45, 7) is 0. The molecule has 3 rings (SSSR count). The van der Waals surface area contributed by atoms with Crippen molar-refractivity contribution in [3.8, 4) is 11.5 Å². The van der Waals surface area contributed by atoms with Gasteiger partial charge in [0.2, 0.25) is 0 Å². The van der Waals surface area contributed by atoms with Gasteiger partial charge in [0.15, 0.2) is 17.8 Å². The van der Waals surface area contributed by atoms with E-state index in [1.165, 1.54) is 12.8 Å². The maximum absolute atomic E-state index is 6.01. The zero-order valence-corrected chi connectivity index (χ0v) is 12.1. The molecule has 2 aliphatic rings. The van der Waals surface area contributed by atoms with Crippen molar-refractivity contribution in [2.45, 2.75) is 50.6 Å². The lowest BCUT2D eigenvalue weighted by Gasteiger charge is -2.21. The van der Waals surface area contributed by atoms with Crippen LogP contribution in [0.2, 0.25) is 0 Å². The molecule has 1 saturated heterocycles. The highest BCUT2D eigenvalue weighted by Crippen LogP contribution is 2.34. The zero-order chi connectivity index (χ0) is 13.9. The van der Waals surface area contributed by atoms with Gasteiger partial charge in [0.1, 0.15) is 0 Å². The van der Waals surface area contributed by atoms with Crippen LogP contribution in [-0.4, -0.2) is 32.7 Å². The molecule has 110 valence electrons. The summed E-state index contributed by atoms with van der Waals surface area (Å²) < 4.78 is 22.6. The second-order valence-electron chi connectivity index (χ2n) is 5.46. The van der Waals surface area contributed by atoms with Crippen molar-refractivity contribution in [2.75, 3.05) is 14.2 Å². The molecule has 20 heavy (non-hydrogen) atoms. The third kappa shape index (κ3) is 2.76. The highest BCUT2D eigenvalue weighted by Gasteiger charge is 2.37. The van der Waals surface area contributed by atoms with Crippen LogP contribution in [0.1, 0.15) is 31.2 Å². The largest absolute Gasteiger partial charge is 0.493 e. The van der Waals surface area contributed by atoms with Gasteiger partial charge < -0.3 is 18.9 Å². The summed E-state index contributed by atoms with van der Waals surface area (Å²) in [7, 11) is 3.30. The molecular formula is C16H22O4. The quantitative estimate of drug-likeness (QED) is 0.848. The van der Waals surface area contributed by atoms with Crippen molar-refractivity contribution in [2.24, 2.45) is 0 Å². The minimum absolute atomic E-state index is 0.124. The predicted molar refractivity (Wildman–Crippen MR) is 75.3 cm³/mol. The molecule has 1 aliphatic carbocycles. The van der Waals surface area contributed by atoms with E-state index < -0.39 is 0 Å². The lowest BCUT2D eigenvalue weighted by Crippen LogP contribution is -2.25. The van der Waals surface area contributed by atoms with Gasteiger partial charge in [-0.15, -0.1) is 0 Å². The Balaban J connectivity index is 1.66. The molecule has 0 radical (unpaired) electrons. The van der Waals surface area contributed by atoms with Gasteiger partial charge in [-0.1, -0.05) is 18.9 Å². The standard InChI is InChI=1S/C16H22O4/c1-17-12-8-7-11(9-15(12)18-2)10-16-19-13-5-3-4-6-14(13)20-16/h7-9,13-14,16H,3-6,10H2,1-2H3. The van der Waals surface area contributed by atoms with Gasteiger partial charge in [0.05, 0.1) is 26.4 Å². The Hall–Kier alpha value is -1.26. The molecule has 0 bridgehead atoms. The maximum atomic E-state index is 6.01. The van der Waals surface area contributed by atoms with Crippen molar-refractivity contribution in [1.82, 2.24) is 0 Å². The summed E-state index contributed by atoms with van der Waals surface area (Å²) in [5.74, 6) is 1.50. The average molecular weight is 278 g/mol. The van der Waals surface area contributed by atoms with E-state index in [1.54, 1.807) is 14.2 Å². The van der Waals surface area contributed by atoms with E-state index in [-0.39, 0.29) is 6.29 Å². The van der Waals surface area contributed by atoms with Crippen molar-refractivity contribution in [3.05, 3.63) is 23.8 Å². The SMILES string of the molecule is COc1ccc(CC2OC3CCCCC3O2)cc1OC. The smallest absolute Gasteiger partial charge is 0.162 e. The molecule has 1 aromatic rings. The Labute approximate surface area is 120 Å². The first-order valence-corrected chi connectivity index (χ1v) is 7.32. The van der Waals surface area contributed by atoms with E-state index in [1.807, 2.05) is 18.2 Å². The summed E-state index contributed by atoms with van der Waals surface area (Å²) in [4.78, 5) is 0. The van der Waals surface area contributed by atoms with Crippen molar-refractivity contribution >= 4 is 0 Å². The van der Waals surface area contributed by atoms with E-state index >= 15 is 0 Å². The minimum atomic E-state index is -0.124. The number of ether oxygens (including phenoxy) is 4. The maximum Gasteiger partial charge on any atom is 0.162 e. The minimum Gasteiger partial charge on any atom is -0.493 e. The first-order valence-electron chi connectivity index (χ1n) is 7.32. The lowest BCUT2D eigenvalue weighted by atomic mass is 9.95. The number of methoxy groups -OCH3 is 2. The van der Waals surface area contributed by atoms with Gasteiger partial charge in [0, 0.05) is 6.42 Å². The molecule has 1 heterocycles. The third-order valence-electron chi connectivity index (χ3n) is 4.15.